The summed E-state index contributed by atoms with van der Waals surface area (Å²) < 4.78 is 31.3. The Bertz CT molecular complexity index is 1470. The summed E-state index contributed by atoms with van der Waals surface area (Å²) in [6.07, 6.45) is 0.0263. The van der Waals surface area contributed by atoms with Gasteiger partial charge in [0, 0.05) is 48.7 Å². The summed E-state index contributed by atoms with van der Waals surface area (Å²) in [5.74, 6) is -2.43. The predicted octanol–water partition coefficient (Wildman–Crippen LogP) is 4.65. The summed E-state index contributed by atoms with van der Waals surface area (Å²) in [5, 5.41) is 12.8. The van der Waals surface area contributed by atoms with Gasteiger partial charge in [0.25, 0.3) is 0 Å². The summed E-state index contributed by atoms with van der Waals surface area (Å²) in [6.45, 7) is 15.1. The van der Waals surface area contributed by atoms with E-state index in [2.05, 4.69) is 5.43 Å². The predicted molar refractivity (Wildman–Crippen MR) is 201 cm³/mol. The Morgan fingerprint density at radius 1 is 1.13 bits per heavy atom. The van der Waals surface area contributed by atoms with E-state index in [4.69, 9.17) is 29.4 Å². The lowest BCUT2D eigenvalue weighted by molar-refractivity contribution is -0.294. The Hall–Kier alpha value is -3.07. The molecule has 12 atom stereocenters. The number of Topliss-reactive ketones (excluding diaryl/α,β-unsaturated/α-hetero) is 1. The van der Waals surface area contributed by atoms with Gasteiger partial charge < -0.3 is 39.4 Å². The summed E-state index contributed by atoms with van der Waals surface area (Å²) in [7, 11) is 5.39. The number of hydrogen-bond donors (Lipinski definition) is 3. The third-order valence-electron chi connectivity index (χ3n) is 11.6. The van der Waals surface area contributed by atoms with Crippen LogP contribution in [-0.2, 0) is 39.7 Å². The zero-order valence-electron chi connectivity index (χ0n) is 33.6. The summed E-state index contributed by atoms with van der Waals surface area (Å²) >= 11 is 0. The van der Waals surface area contributed by atoms with Crippen LogP contribution in [0.5, 0.6) is 0 Å². The van der Waals surface area contributed by atoms with Gasteiger partial charge in [0.2, 0.25) is 0 Å². The summed E-state index contributed by atoms with van der Waals surface area (Å²) in [4.78, 5) is 44.0. The molecule has 0 saturated carbocycles. The van der Waals surface area contributed by atoms with E-state index in [0.29, 0.717) is 37.1 Å². The van der Waals surface area contributed by atoms with Gasteiger partial charge >= 0.3 is 12.1 Å². The van der Waals surface area contributed by atoms with E-state index in [1.54, 1.807) is 34.0 Å². The number of nitrogens with one attached hydrogen (secondary N) is 1. The molecule has 13 nitrogen and oxygen atoms in total. The molecule has 53 heavy (non-hydrogen) atoms. The number of hydrazine groups is 1. The molecule has 298 valence electrons. The number of ether oxygens (including phenoxy) is 5. The number of nitrogens with two attached hydrogens (primary N) is 1. The maximum absolute atomic E-state index is 14.6. The van der Waals surface area contributed by atoms with Crippen molar-refractivity contribution in [2.24, 2.45) is 17.8 Å². The topological polar surface area (TPSA) is 162 Å². The molecule has 0 unspecified atom stereocenters. The fraction of sp³-hybridized carbons (Fsp3) is 0.725. The number of cyclic esters (lactones) is 1. The minimum atomic E-state index is -1.35. The van der Waals surface area contributed by atoms with E-state index in [1.165, 1.54) is 5.01 Å². The number of aliphatic hydroxyl groups is 1. The van der Waals surface area contributed by atoms with Gasteiger partial charge in [-0.05, 0) is 91.6 Å². The maximum atomic E-state index is 14.6. The second kappa shape index (κ2) is 17.6. The number of likely N-dealkylation sites (N-methyl/N-ethyl adjacent to an activating group) is 1. The first-order valence-corrected chi connectivity index (χ1v) is 19.1. The van der Waals surface area contributed by atoms with E-state index < -0.39 is 71.7 Å². The van der Waals surface area contributed by atoms with E-state index in [-0.39, 0.29) is 24.3 Å². The van der Waals surface area contributed by atoms with Crippen LogP contribution in [-0.4, -0.2) is 115 Å². The zero-order valence-corrected chi connectivity index (χ0v) is 33.6. The first-order chi connectivity index (χ1) is 24.9. The number of aryl methyl sites for hydroxylation is 1. The highest BCUT2D eigenvalue weighted by molar-refractivity contribution is 5.88. The molecule has 1 amide bonds. The van der Waals surface area contributed by atoms with Crippen LogP contribution < -0.4 is 11.2 Å². The summed E-state index contributed by atoms with van der Waals surface area (Å²) in [5.41, 5.74) is 8.88. The molecular weight excluding hydrogens is 680 g/mol. The first-order valence-electron chi connectivity index (χ1n) is 19.1. The molecule has 4 rings (SSSR count). The molecule has 1 aromatic rings. The lowest BCUT2D eigenvalue weighted by Gasteiger charge is -2.46. The van der Waals surface area contributed by atoms with Gasteiger partial charge in [-0.15, -0.1) is 0 Å². The number of hydrogen-bond acceptors (Lipinski definition) is 12. The van der Waals surface area contributed by atoms with Crippen LogP contribution in [0.15, 0.2) is 35.9 Å². The molecule has 0 aliphatic carbocycles. The maximum Gasteiger partial charge on any atom is 0.425 e. The average molecular weight is 745 g/mol. The number of aliphatic hydroxyl groups excluding tert-OH is 1. The van der Waals surface area contributed by atoms with E-state index in [1.807, 2.05) is 77.9 Å². The Morgan fingerprint density at radius 2 is 1.83 bits per heavy atom. The fourth-order valence-electron chi connectivity index (χ4n) is 8.68. The molecular formula is C40H64N4O9. The van der Waals surface area contributed by atoms with Crippen molar-refractivity contribution in [3.05, 3.63) is 41.5 Å². The number of ketones is 1. The number of fused-ring (bicyclic) bond motifs is 1. The third kappa shape index (κ3) is 9.42. The quantitative estimate of drug-likeness (QED) is 0.173. The average Bonchev–Trinajstić information content (AvgIpc) is 3.36. The van der Waals surface area contributed by atoms with Crippen molar-refractivity contribution in [3.63, 3.8) is 0 Å². The minimum absolute atomic E-state index is 0.110. The highest BCUT2D eigenvalue weighted by atomic mass is 16.7. The van der Waals surface area contributed by atoms with Crippen LogP contribution in [0.2, 0.25) is 0 Å². The lowest BCUT2D eigenvalue weighted by Crippen LogP contribution is -2.60. The Morgan fingerprint density at radius 3 is 2.45 bits per heavy atom. The van der Waals surface area contributed by atoms with Crippen molar-refractivity contribution < 1.29 is 43.2 Å². The van der Waals surface area contributed by atoms with Gasteiger partial charge in [0.1, 0.15) is 24.0 Å². The molecule has 0 bridgehead atoms. The number of benzene rings is 1. The third-order valence-corrected chi connectivity index (χ3v) is 11.6. The van der Waals surface area contributed by atoms with Gasteiger partial charge in [-0.1, -0.05) is 45.9 Å². The van der Waals surface area contributed by atoms with Gasteiger partial charge in [-0.3, -0.25) is 4.79 Å². The Kier molecular flexibility index (Phi) is 14.2. The monoisotopic (exact) mass is 744 g/mol. The van der Waals surface area contributed by atoms with Gasteiger partial charge in [0.15, 0.2) is 11.9 Å². The summed E-state index contributed by atoms with van der Waals surface area (Å²) in [6, 6.07) is 6.66. The minimum Gasteiger partial charge on any atom is -0.455 e. The number of nitrogens with zero attached hydrogens (tertiary/aromatic N) is 2. The number of rotatable bonds is 10. The van der Waals surface area contributed by atoms with Crippen molar-refractivity contribution in [1.82, 2.24) is 15.3 Å². The number of nitrogen functional groups attached to an aromatic ring is 1. The smallest absolute Gasteiger partial charge is 0.425 e. The standard InChI is InChI=1S/C40H64N4O9/c1-12-31-40(8)34(44(38(48)53-40)42-18-14-16-28-15-13-17-29(41)21-28)27(6)32(45)25(4)22-39(7,49-11)35(23(2)19-24(3)36(47)51-31)52-37-33(46)30(43(9)10)20-26(5)50-37/h13,15,17,19,21,23,25-27,30-31,33-35,37,42,46H,12,14,16,18,20,22,41H2,1-11H3/b24-19+/t23-,25+,26+,27-,30-,31+,33+,34+,35+,37-,39+,40+/m0/s1. The molecule has 2 saturated heterocycles. The molecule has 1 aromatic carbocycles. The molecule has 2 fully saturated rings. The molecule has 4 N–H and O–H groups in total. The van der Waals surface area contributed by atoms with E-state index in [0.717, 1.165) is 12.0 Å². The zero-order chi connectivity index (χ0) is 39.4. The molecule has 0 spiro atoms. The second-order valence-electron chi connectivity index (χ2n) is 16.1. The van der Waals surface area contributed by atoms with Crippen molar-refractivity contribution in [1.29, 1.82) is 0 Å². The van der Waals surface area contributed by atoms with Crippen LogP contribution in [0, 0.1) is 17.8 Å². The molecule has 13 heteroatoms. The van der Waals surface area contributed by atoms with Crippen molar-refractivity contribution in [2.45, 2.75) is 141 Å². The number of methoxy groups -OCH3 is 1. The van der Waals surface area contributed by atoms with Crippen LogP contribution in [0.25, 0.3) is 0 Å². The number of carbonyl (C=O) groups is 3. The first kappa shape index (κ1) is 42.7. The van der Waals surface area contributed by atoms with Crippen LogP contribution in [0.3, 0.4) is 0 Å². The van der Waals surface area contributed by atoms with Crippen LogP contribution in [0.4, 0.5) is 10.5 Å². The van der Waals surface area contributed by atoms with Gasteiger partial charge in [-0.25, -0.2) is 20.0 Å². The number of anilines is 1. The van der Waals surface area contributed by atoms with Gasteiger partial charge in [-0.2, -0.15) is 0 Å². The fourth-order valence-corrected chi connectivity index (χ4v) is 8.68. The second-order valence-corrected chi connectivity index (χ2v) is 16.1. The lowest BCUT2D eigenvalue weighted by atomic mass is 9.74. The highest BCUT2D eigenvalue weighted by Crippen LogP contribution is 2.42. The van der Waals surface area contributed by atoms with E-state index in [9.17, 15) is 19.5 Å². The normalized spacial score (nSPS) is 38.5. The SMILES string of the molecule is CC[C@H]1OC(=O)/C(C)=C/[C@H](C)[C@@H](O[C@@H]2O[C@H](C)C[C@H](N(C)C)[C@H]2O)[C@](C)(OC)C[C@@H](C)C(=O)[C@H](C)[C@H]2N(NCCCc3cccc(N)c3)C(=O)O[C@]12C. The molecule has 3 heterocycles. The molecule has 0 radical (unpaired) electrons. The molecule has 3 aliphatic rings. The number of amides is 1. The highest BCUT2D eigenvalue weighted by Gasteiger charge is 2.60. The van der Waals surface area contributed by atoms with Crippen molar-refractivity contribution in [3.8, 4) is 0 Å². The molecule has 3 aliphatic heterocycles. The van der Waals surface area contributed by atoms with Gasteiger partial charge in [0.05, 0.1) is 17.8 Å². The number of esters is 1. The van der Waals surface area contributed by atoms with Crippen molar-refractivity contribution >= 4 is 23.5 Å². The molecule has 0 aromatic heterocycles. The Labute approximate surface area is 315 Å². The Balaban J connectivity index is 1.70. The number of carbonyl (C=O) groups excluding carboxylic acids is 3. The largest absolute Gasteiger partial charge is 0.455 e. The van der Waals surface area contributed by atoms with Crippen molar-refractivity contribution in [2.75, 3.05) is 33.5 Å². The van der Waals surface area contributed by atoms with E-state index >= 15 is 0 Å². The van der Waals surface area contributed by atoms with Crippen LogP contribution >= 0.6 is 0 Å². The van der Waals surface area contributed by atoms with Crippen LogP contribution in [0.1, 0.15) is 86.6 Å².